The molecule has 0 atom stereocenters. The third kappa shape index (κ3) is 4.98. The van der Waals surface area contributed by atoms with Gasteiger partial charge >= 0.3 is 5.97 Å². The zero-order valence-electron chi connectivity index (χ0n) is 8.98. The van der Waals surface area contributed by atoms with Crippen molar-refractivity contribution in [1.29, 1.82) is 0 Å². The van der Waals surface area contributed by atoms with Crippen molar-refractivity contribution in [2.45, 2.75) is 6.92 Å². The zero-order chi connectivity index (χ0) is 11.8. The highest BCUT2D eigenvalue weighted by Gasteiger charge is 1.94. The first-order valence-electron chi connectivity index (χ1n) is 4.94. The Morgan fingerprint density at radius 3 is 3.00 bits per heavy atom. The molecule has 0 radical (unpaired) electrons. The average Bonchev–Trinajstić information content (AvgIpc) is 2.25. The number of ether oxygens (including phenoxy) is 2. The fourth-order valence-electron chi connectivity index (χ4n) is 1.04. The molecule has 0 aliphatic carbocycles. The minimum absolute atomic E-state index is 0.343. The number of esters is 1. The molecule has 0 aromatic heterocycles. The lowest BCUT2D eigenvalue weighted by Gasteiger charge is -2.02. The van der Waals surface area contributed by atoms with Gasteiger partial charge < -0.3 is 9.47 Å². The molecule has 1 aromatic rings. The summed E-state index contributed by atoms with van der Waals surface area (Å²) in [6.45, 7) is 2.49. The van der Waals surface area contributed by atoms with Crippen LogP contribution in [0.25, 0.3) is 0 Å². The van der Waals surface area contributed by atoms with E-state index in [1.807, 2.05) is 24.3 Å². The van der Waals surface area contributed by atoms with Crippen LogP contribution in [0.3, 0.4) is 0 Å². The highest BCUT2D eigenvalue weighted by molar-refractivity contribution is 9.10. The van der Waals surface area contributed by atoms with E-state index in [2.05, 4.69) is 15.9 Å². The molecule has 0 aliphatic heterocycles. The molecule has 0 aliphatic rings. The van der Waals surface area contributed by atoms with E-state index in [0.717, 1.165) is 10.2 Å². The molecule has 16 heavy (non-hydrogen) atoms. The van der Waals surface area contributed by atoms with Crippen molar-refractivity contribution in [3.8, 4) is 5.75 Å². The van der Waals surface area contributed by atoms with Crippen LogP contribution in [-0.2, 0) is 9.53 Å². The fraction of sp³-hybridized carbons (Fsp3) is 0.250. The Kier molecular flexibility index (Phi) is 5.64. The average molecular weight is 285 g/mol. The van der Waals surface area contributed by atoms with Crippen molar-refractivity contribution >= 4 is 21.9 Å². The second kappa shape index (κ2) is 7.06. The molecule has 86 valence electrons. The number of benzene rings is 1. The van der Waals surface area contributed by atoms with Gasteiger partial charge in [-0.05, 0) is 31.2 Å². The summed E-state index contributed by atoms with van der Waals surface area (Å²) in [6.07, 6.45) is 2.99. The van der Waals surface area contributed by atoms with E-state index in [0.29, 0.717) is 13.2 Å². The van der Waals surface area contributed by atoms with Gasteiger partial charge in [0, 0.05) is 10.5 Å². The summed E-state index contributed by atoms with van der Waals surface area (Å²) in [5, 5.41) is 0. The van der Waals surface area contributed by atoms with E-state index in [-0.39, 0.29) is 5.97 Å². The monoisotopic (exact) mass is 284 g/mol. The number of hydrogen-bond donors (Lipinski definition) is 0. The Balaban J connectivity index is 2.33. The smallest absolute Gasteiger partial charge is 0.330 e. The van der Waals surface area contributed by atoms with Crippen LogP contribution in [0.15, 0.2) is 40.9 Å². The number of carbonyl (C=O) groups excluding carboxylic acids is 1. The summed E-state index contributed by atoms with van der Waals surface area (Å²) >= 11 is 3.34. The molecule has 0 N–H and O–H groups in total. The van der Waals surface area contributed by atoms with E-state index in [1.54, 1.807) is 13.0 Å². The molecule has 0 spiro atoms. The maximum absolute atomic E-state index is 10.9. The van der Waals surface area contributed by atoms with Gasteiger partial charge in [-0.3, -0.25) is 0 Å². The van der Waals surface area contributed by atoms with Crippen LogP contribution in [0.5, 0.6) is 5.75 Å². The molecule has 0 saturated carbocycles. The van der Waals surface area contributed by atoms with Crippen LogP contribution in [0.2, 0.25) is 0 Å². The zero-order valence-corrected chi connectivity index (χ0v) is 10.6. The lowest BCUT2D eigenvalue weighted by atomic mass is 10.3. The first kappa shape index (κ1) is 12.8. The minimum Gasteiger partial charge on any atom is -0.489 e. The van der Waals surface area contributed by atoms with E-state index in [9.17, 15) is 4.79 Å². The van der Waals surface area contributed by atoms with E-state index >= 15 is 0 Å². The molecule has 0 unspecified atom stereocenters. The van der Waals surface area contributed by atoms with Crippen molar-refractivity contribution in [2.24, 2.45) is 0 Å². The molecule has 1 aromatic carbocycles. The topological polar surface area (TPSA) is 35.5 Å². The Labute approximate surface area is 103 Å². The first-order chi connectivity index (χ1) is 7.72. The molecule has 0 bridgehead atoms. The molecule has 0 heterocycles. The molecule has 0 saturated heterocycles. The molecule has 3 nitrogen and oxygen atoms in total. The summed E-state index contributed by atoms with van der Waals surface area (Å²) in [5.74, 6) is 0.406. The van der Waals surface area contributed by atoms with Crippen molar-refractivity contribution < 1.29 is 14.3 Å². The molecular weight excluding hydrogens is 272 g/mol. The normalized spacial score (nSPS) is 10.4. The number of rotatable bonds is 5. The maximum atomic E-state index is 10.9. The SMILES string of the molecule is CCOC(=O)/C=C/COc1cccc(Br)c1. The number of hydrogen-bond acceptors (Lipinski definition) is 3. The van der Waals surface area contributed by atoms with Gasteiger partial charge in [0.15, 0.2) is 0 Å². The fourth-order valence-corrected chi connectivity index (χ4v) is 1.41. The van der Waals surface area contributed by atoms with Crippen LogP contribution < -0.4 is 4.74 Å². The molecule has 0 amide bonds. The molecular formula is C12H13BrO3. The summed E-state index contributed by atoms with van der Waals surface area (Å²) in [7, 11) is 0. The van der Waals surface area contributed by atoms with Gasteiger partial charge in [-0.25, -0.2) is 4.79 Å². The number of halogens is 1. The summed E-state index contributed by atoms with van der Waals surface area (Å²) in [4.78, 5) is 10.9. The van der Waals surface area contributed by atoms with Crippen molar-refractivity contribution in [3.05, 3.63) is 40.9 Å². The highest BCUT2D eigenvalue weighted by atomic mass is 79.9. The largest absolute Gasteiger partial charge is 0.489 e. The van der Waals surface area contributed by atoms with Crippen molar-refractivity contribution in [1.82, 2.24) is 0 Å². The predicted octanol–water partition coefficient (Wildman–Crippen LogP) is 2.95. The first-order valence-corrected chi connectivity index (χ1v) is 5.73. The van der Waals surface area contributed by atoms with E-state index in [1.165, 1.54) is 6.08 Å². The van der Waals surface area contributed by atoms with Crippen LogP contribution in [0, 0.1) is 0 Å². The van der Waals surface area contributed by atoms with Gasteiger partial charge in [-0.2, -0.15) is 0 Å². The highest BCUT2D eigenvalue weighted by Crippen LogP contribution is 2.17. The van der Waals surface area contributed by atoms with Gasteiger partial charge in [0.25, 0.3) is 0 Å². The second-order valence-corrected chi connectivity index (χ2v) is 3.84. The van der Waals surface area contributed by atoms with Crippen LogP contribution >= 0.6 is 15.9 Å². The van der Waals surface area contributed by atoms with Crippen LogP contribution in [0.1, 0.15) is 6.92 Å². The Bertz CT molecular complexity index is 374. The lowest BCUT2D eigenvalue weighted by Crippen LogP contribution is -2.00. The van der Waals surface area contributed by atoms with E-state index in [4.69, 9.17) is 9.47 Å². The Hall–Kier alpha value is -1.29. The summed E-state index contributed by atoms with van der Waals surface area (Å²) in [5.41, 5.74) is 0. The second-order valence-electron chi connectivity index (χ2n) is 2.92. The van der Waals surface area contributed by atoms with Crippen LogP contribution in [0.4, 0.5) is 0 Å². The third-order valence-corrected chi connectivity index (χ3v) is 2.18. The standard InChI is InChI=1S/C12H13BrO3/c1-2-15-12(14)7-4-8-16-11-6-3-5-10(13)9-11/h3-7,9H,2,8H2,1H3/b7-4+. The number of carbonyl (C=O) groups is 1. The summed E-state index contributed by atoms with van der Waals surface area (Å²) < 4.78 is 11.1. The Morgan fingerprint density at radius 1 is 1.50 bits per heavy atom. The predicted molar refractivity (Wildman–Crippen MR) is 65.4 cm³/mol. The summed E-state index contributed by atoms with van der Waals surface area (Å²) in [6, 6.07) is 7.51. The van der Waals surface area contributed by atoms with Gasteiger partial charge in [-0.1, -0.05) is 22.0 Å². The van der Waals surface area contributed by atoms with Gasteiger partial charge in [-0.15, -0.1) is 0 Å². The molecule has 1 rings (SSSR count). The van der Waals surface area contributed by atoms with Gasteiger partial charge in [0.05, 0.1) is 6.61 Å². The molecule has 4 heteroatoms. The third-order valence-electron chi connectivity index (χ3n) is 1.68. The quantitative estimate of drug-likeness (QED) is 0.616. The van der Waals surface area contributed by atoms with Gasteiger partial charge in [0.2, 0.25) is 0 Å². The lowest BCUT2D eigenvalue weighted by molar-refractivity contribution is -0.137. The van der Waals surface area contributed by atoms with Crippen molar-refractivity contribution in [3.63, 3.8) is 0 Å². The maximum Gasteiger partial charge on any atom is 0.330 e. The van der Waals surface area contributed by atoms with Crippen LogP contribution in [-0.4, -0.2) is 19.2 Å². The van der Waals surface area contributed by atoms with Gasteiger partial charge in [0.1, 0.15) is 12.4 Å². The Morgan fingerprint density at radius 2 is 2.31 bits per heavy atom. The minimum atomic E-state index is -0.347. The van der Waals surface area contributed by atoms with E-state index < -0.39 is 0 Å². The van der Waals surface area contributed by atoms with Crippen molar-refractivity contribution in [2.75, 3.05) is 13.2 Å². The molecule has 0 fully saturated rings.